The monoisotopic (exact) mass is 492 g/mol. The van der Waals surface area contributed by atoms with Gasteiger partial charge < -0.3 is 14.8 Å². The Morgan fingerprint density at radius 1 is 1.00 bits per heavy atom. The summed E-state index contributed by atoms with van der Waals surface area (Å²) in [6, 6.07) is 16.1. The predicted molar refractivity (Wildman–Crippen MR) is 124 cm³/mol. The van der Waals surface area contributed by atoms with Gasteiger partial charge in [-0.1, -0.05) is 41.9 Å². The number of nitrogens with one attached hydrogen (secondary N) is 1. The van der Waals surface area contributed by atoms with Crippen LogP contribution in [0.3, 0.4) is 0 Å². The van der Waals surface area contributed by atoms with Gasteiger partial charge in [0.1, 0.15) is 17.3 Å². The van der Waals surface area contributed by atoms with E-state index in [-0.39, 0.29) is 27.9 Å². The highest BCUT2D eigenvalue weighted by atomic mass is 35.5. The van der Waals surface area contributed by atoms with Crippen molar-refractivity contribution < 1.29 is 27.1 Å². The molecule has 0 spiro atoms. The van der Waals surface area contributed by atoms with Gasteiger partial charge in [-0.2, -0.15) is 4.31 Å². The Hall–Kier alpha value is -3.14. The molecule has 0 atom stereocenters. The maximum atomic E-state index is 13.3. The molecule has 10 heteroatoms. The minimum atomic E-state index is -4.03. The van der Waals surface area contributed by atoms with E-state index in [1.54, 1.807) is 18.2 Å². The van der Waals surface area contributed by atoms with Gasteiger partial charge in [0.2, 0.25) is 15.9 Å². The van der Waals surface area contributed by atoms with Crippen molar-refractivity contribution in [3.63, 3.8) is 0 Å². The molecule has 0 saturated carbocycles. The van der Waals surface area contributed by atoms with Gasteiger partial charge in [-0.05, 0) is 29.8 Å². The molecule has 7 nitrogen and oxygen atoms in total. The topological polar surface area (TPSA) is 84.9 Å². The number of hydrogen-bond donors (Lipinski definition) is 1. The lowest BCUT2D eigenvalue weighted by atomic mass is 10.2. The van der Waals surface area contributed by atoms with Crippen LogP contribution in [-0.2, 0) is 21.4 Å². The van der Waals surface area contributed by atoms with Gasteiger partial charge in [0.15, 0.2) is 0 Å². The number of amides is 1. The molecule has 1 N–H and O–H groups in total. The van der Waals surface area contributed by atoms with Crippen molar-refractivity contribution in [2.45, 2.75) is 11.4 Å². The van der Waals surface area contributed by atoms with Crippen LogP contribution in [0.2, 0.25) is 5.02 Å². The second-order valence-electron chi connectivity index (χ2n) is 6.95. The Balaban J connectivity index is 1.90. The molecule has 0 fully saturated rings. The first kappa shape index (κ1) is 24.5. The van der Waals surface area contributed by atoms with Crippen LogP contribution < -0.4 is 14.8 Å². The summed E-state index contributed by atoms with van der Waals surface area (Å²) < 4.78 is 51.3. The summed E-state index contributed by atoms with van der Waals surface area (Å²) in [6.45, 7) is -0.630. The largest absolute Gasteiger partial charge is 0.495 e. The number of anilines is 1. The molecule has 0 unspecified atom stereocenters. The minimum absolute atomic E-state index is 0.0330. The number of ether oxygens (including phenoxy) is 2. The number of benzene rings is 3. The van der Waals surface area contributed by atoms with Crippen LogP contribution in [0.15, 0.2) is 71.6 Å². The Morgan fingerprint density at radius 3 is 2.24 bits per heavy atom. The van der Waals surface area contributed by atoms with E-state index < -0.39 is 28.3 Å². The van der Waals surface area contributed by atoms with Crippen molar-refractivity contribution in [2.24, 2.45) is 0 Å². The van der Waals surface area contributed by atoms with Crippen LogP contribution in [0, 0.1) is 5.82 Å². The smallest absolute Gasteiger partial charge is 0.243 e. The molecule has 0 aliphatic carbocycles. The lowest BCUT2D eigenvalue weighted by molar-refractivity contribution is -0.116. The molecular weight excluding hydrogens is 471 g/mol. The fourth-order valence-corrected chi connectivity index (χ4v) is 4.71. The van der Waals surface area contributed by atoms with E-state index in [0.717, 1.165) is 4.31 Å². The van der Waals surface area contributed by atoms with Crippen molar-refractivity contribution in [3.8, 4) is 11.5 Å². The fourth-order valence-electron chi connectivity index (χ4n) is 3.07. The summed E-state index contributed by atoms with van der Waals surface area (Å²) in [7, 11) is -1.19. The van der Waals surface area contributed by atoms with Crippen LogP contribution in [-0.4, -0.2) is 39.4 Å². The standard InChI is InChI=1S/C23H22ClFN2O5S/c1-31-21-13-20(22(32-2)12-19(21)24)26-23(28)15-27(14-16-8-10-17(25)11-9-16)33(29,30)18-6-4-3-5-7-18/h3-13H,14-15H2,1-2H3,(H,26,28). The highest BCUT2D eigenvalue weighted by molar-refractivity contribution is 7.89. The van der Waals surface area contributed by atoms with Gasteiger partial charge in [-0.15, -0.1) is 0 Å². The third-order valence-electron chi connectivity index (χ3n) is 4.72. The van der Waals surface area contributed by atoms with Crippen molar-refractivity contribution >= 4 is 33.2 Å². The molecular formula is C23H22ClFN2O5S. The molecule has 0 bridgehead atoms. The van der Waals surface area contributed by atoms with Crippen molar-refractivity contribution in [3.05, 3.63) is 83.1 Å². The summed E-state index contributed by atoms with van der Waals surface area (Å²) in [5.41, 5.74) is 0.789. The molecule has 33 heavy (non-hydrogen) atoms. The molecule has 0 aliphatic rings. The number of rotatable bonds is 9. The van der Waals surface area contributed by atoms with Gasteiger partial charge in [0.05, 0.1) is 36.4 Å². The molecule has 0 heterocycles. The zero-order valence-electron chi connectivity index (χ0n) is 17.9. The van der Waals surface area contributed by atoms with Gasteiger partial charge in [-0.3, -0.25) is 4.79 Å². The number of carbonyl (C=O) groups is 1. The summed E-state index contributed by atoms with van der Waals surface area (Å²) >= 11 is 6.10. The second kappa shape index (κ2) is 10.7. The number of methoxy groups -OCH3 is 2. The fraction of sp³-hybridized carbons (Fsp3) is 0.174. The predicted octanol–water partition coefficient (Wildman–Crippen LogP) is 4.33. The third kappa shape index (κ3) is 6.01. The van der Waals surface area contributed by atoms with Crippen molar-refractivity contribution in [1.82, 2.24) is 4.31 Å². The quantitative estimate of drug-likeness (QED) is 0.480. The normalized spacial score (nSPS) is 11.3. The average molecular weight is 493 g/mol. The molecule has 0 radical (unpaired) electrons. The van der Waals surface area contributed by atoms with Crippen molar-refractivity contribution in [1.29, 1.82) is 0 Å². The maximum Gasteiger partial charge on any atom is 0.243 e. The Labute approximate surface area is 196 Å². The van der Waals surface area contributed by atoms with E-state index in [9.17, 15) is 17.6 Å². The molecule has 3 aromatic rings. The number of carbonyl (C=O) groups excluding carboxylic acids is 1. The molecule has 3 rings (SSSR count). The summed E-state index contributed by atoms with van der Waals surface area (Å²) in [4.78, 5) is 12.9. The van der Waals surface area contributed by atoms with Gasteiger partial charge in [-0.25, -0.2) is 12.8 Å². The van der Waals surface area contributed by atoms with Gasteiger partial charge in [0.25, 0.3) is 0 Å². The van der Waals surface area contributed by atoms with Crippen LogP contribution >= 0.6 is 11.6 Å². The maximum absolute atomic E-state index is 13.3. The number of hydrogen-bond acceptors (Lipinski definition) is 5. The lowest BCUT2D eigenvalue weighted by Crippen LogP contribution is -2.37. The molecule has 1 amide bonds. The van der Waals surface area contributed by atoms with Gasteiger partial charge in [0, 0.05) is 18.7 Å². The van der Waals surface area contributed by atoms with E-state index in [2.05, 4.69) is 5.32 Å². The number of nitrogens with zero attached hydrogens (tertiary/aromatic N) is 1. The SMILES string of the molecule is COc1cc(NC(=O)CN(Cc2ccc(F)cc2)S(=O)(=O)c2ccccc2)c(OC)cc1Cl. The van der Waals surface area contributed by atoms with Crippen LogP contribution in [0.4, 0.5) is 10.1 Å². The molecule has 3 aromatic carbocycles. The first-order chi connectivity index (χ1) is 15.7. The second-order valence-corrected chi connectivity index (χ2v) is 9.29. The third-order valence-corrected chi connectivity index (χ3v) is 6.82. The summed E-state index contributed by atoms with van der Waals surface area (Å²) in [5.74, 6) is -0.463. The van der Waals surface area contributed by atoms with E-state index in [0.29, 0.717) is 11.3 Å². The van der Waals surface area contributed by atoms with Crippen molar-refractivity contribution in [2.75, 3.05) is 26.1 Å². The average Bonchev–Trinajstić information content (AvgIpc) is 2.81. The lowest BCUT2D eigenvalue weighted by Gasteiger charge is -2.22. The van der Waals surface area contributed by atoms with Gasteiger partial charge >= 0.3 is 0 Å². The first-order valence-electron chi connectivity index (χ1n) is 9.75. The summed E-state index contributed by atoms with van der Waals surface area (Å²) in [6.07, 6.45) is 0. The Kier molecular flexibility index (Phi) is 7.91. The summed E-state index contributed by atoms with van der Waals surface area (Å²) in [5, 5.41) is 2.93. The number of halogens is 2. The van der Waals surface area contributed by atoms with E-state index in [1.807, 2.05) is 0 Å². The molecule has 0 aromatic heterocycles. The van der Waals surface area contributed by atoms with E-state index in [4.69, 9.17) is 21.1 Å². The first-order valence-corrected chi connectivity index (χ1v) is 11.6. The molecule has 0 aliphatic heterocycles. The van der Waals surface area contributed by atoms with Crippen LogP contribution in [0.5, 0.6) is 11.5 Å². The van der Waals surface area contributed by atoms with E-state index in [1.165, 1.54) is 62.8 Å². The van der Waals surface area contributed by atoms with Crippen LogP contribution in [0.25, 0.3) is 0 Å². The Morgan fingerprint density at radius 2 is 1.64 bits per heavy atom. The molecule has 0 saturated heterocycles. The molecule has 174 valence electrons. The van der Waals surface area contributed by atoms with Crippen LogP contribution in [0.1, 0.15) is 5.56 Å². The highest BCUT2D eigenvalue weighted by Gasteiger charge is 2.27. The highest BCUT2D eigenvalue weighted by Crippen LogP contribution is 2.36. The zero-order valence-corrected chi connectivity index (χ0v) is 19.5. The van der Waals surface area contributed by atoms with E-state index >= 15 is 0 Å². The minimum Gasteiger partial charge on any atom is -0.495 e. The zero-order chi connectivity index (χ0) is 24.0. The Bertz CT molecular complexity index is 1220. The number of sulfonamides is 1.